The van der Waals surface area contributed by atoms with Gasteiger partial charge in [0.25, 0.3) is 0 Å². The van der Waals surface area contributed by atoms with Crippen molar-refractivity contribution < 1.29 is 19.2 Å². The monoisotopic (exact) mass is 509 g/mol. The first-order valence-corrected chi connectivity index (χ1v) is 14.8. The van der Waals surface area contributed by atoms with E-state index < -0.39 is 5.97 Å². The van der Waals surface area contributed by atoms with Crippen LogP contribution in [0, 0.1) is 50.7 Å². The highest BCUT2D eigenvalue weighted by Crippen LogP contribution is 2.76. The highest BCUT2D eigenvalue weighted by atomic mass is 16.5. The van der Waals surface area contributed by atoms with Gasteiger partial charge < -0.3 is 9.63 Å². The van der Waals surface area contributed by atoms with Gasteiger partial charge in [0, 0.05) is 23.3 Å². The average molecular weight is 510 g/mol. The summed E-state index contributed by atoms with van der Waals surface area (Å²) in [6.07, 6.45) is 10.9. The zero-order valence-corrected chi connectivity index (χ0v) is 24.1. The topological polar surface area (TPSA) is 80.4 Å². The van der Waals surface area contributed by atoms with Gasteiger partial charge in [-0.1, -0.05) is 53.6 Å². The van der Waals surface area contributed by atoms with E-state index in [1.165, 1.54) is 5.56 Å². The third kappa shape index (κ3) is 3.18. The molecule has 0 bridgehead atoms. The average Bonchev–Trinajstić information content (AvgIpc) is 3.25. The summed E-state index contributed by atoms with van der Waals surface area (Å²) in [7, 11) is 0. The van der Waals surface area contributed by atoms with Crippen LogP contribution in [-0.4, -0.2) is 22.0 Å². The van der Waals surface area contributed by atoms with Crippen LogP contribution in [0.4, 0.5) is 0 Å². The number of nitrogens with zero attached hydrogens (tertiary/aromatic N) is 1. The Morgan fingerprint density at radius 3 is 2.41 bits per heavy atom. The first-order chi connectivity index (χ1) is 17.1. The van der Waals surface area contributed by atoms with Gasteiger partial charge in [0.2, 0.25) is 0 Å². The smallest absolute Gasteiger partial charge is 0.303 e. The third-order valence-electron chi connectivity index (χ3n) is 13.6. The molecule has 0 radical (unpaired) electrons. The maximum Gasteiger partial charge on any atom is 0.303 e. The normalized spacial score (nSPS) is 47.6. The van der Waals surface area contributed by atoms with Gasteiger partial charge in [0.05, 0.1) is 12.6 Å². The summed E-state index contributed by atoms with van der Waals surface area (Å²) in [5.41, 5.74) is 1.03. The van der Waals surface area contributed by atoms with E-state index in [9.17, 15) is 14.7 Å². The van der Waals surface area contributed by atoms with Crippen LogP contribution in [0.15, 0.2) is 10.7 Å². The Kier molecular flexibility index (Phi) is 5.20. The predicted molar refractivity (Wildman–Crippen MR) is 142 cm³/mol. The van der Waals surface area contributed by atoms with Gasteiger partial charge in [0.1, 0.15) is 11.5 Å². The van der Waals surface area contributed by atoms with Crippen LogP contribution < -0.4 is 0 Å². The number of fused-ring (bicyclic) bond motifs is 8. The minimum atomic E-state index is -0.692. The van der Waals surface area contributed by atoms with Crippen molar-refractivity contribution >= 4 is 11.8 Å². The number of Topliss-reactive ketones (excluding diaryl/α,β-unsaturated/α-hetero) is 1. The maximum atomic E-state index is 14.5. The van der Waals surface area contributed by atoms with Gasteiger partial charge in [-0.25, -0.2) is 0 Å². The number of carbonyl (C=O) groups is 2. The minimum absolute atomic E-state index is 0.0140. The number of ketones is 1. The Bertz CT molecular complexity index is 1150. The van der Waals surface area contributed by atoms with Crippen molar-refractivity contribution in [1.29, 1.82) is 0 Å². The van der Waals surface area contributed by atoms with Gasteiger partial charge in [-0.05, 0) is 96.2 Å². The fourth-order valence-corrected chi connectivity index (χ4v) is 11.7. The molecule has 4 fully saturated rings. The Morgan fingerprint density at radius 1 is 1.00 bits per heavy atom. The zero-order valence-electron chi connectivity index (χ0n) is 24.1. The number of carbonyl (C=O) groups excluding carboxylic acids is 1. The molecule has 1 aromatic rings. The number of rotatable bonds is 2. The SMILES string of the molecule is CC1(C)CC[C@]2(CC(=O)O)CC[C@]3(C)[C@H](C(=O)C[C@@H]4[C@@]5(C)Cc6cnoc6C(C)(C)[C@@H]5CC[C@]43C)[C@@H]2C1. The maximum absolute atomic E-state index is 14.5. The number of aromatic nitrogens is 1. The molecule has 5 aliphatic rings. The molecule has 6 rings (SSSR count). The van der Waals surface area contributed by atoms with Crippen LogP contribution in [0.2, 0.25) is 0 Å². The van der Waals surface area contributed by atoms with E-state index in [2.05, 4.69) is 53.6 Å². The van der Waals surface area contributed by atoms with E-state index >= 15 is 0 Å². The number of carboxylic acids is 1. The number of hydrogen-bond acceptors (Lipinski definition) is 4. The van der Waals surface area contributed by atoms with Gasteiger partial charge in [-0.3, -0.25) is 9.59 Å². The van der Waals surface area contributed by atoms with Crippen molar-refractivity contribution in [2.75, 3.05) is 0 Å². The van der Waals surface area contributed by atoms with Crippen LogP contribution >= 0.6 is 0 Å². The van der Waals surface area contributed by atoms with E-state index in [1.54, 1.807) is 0 Å². The van der Waals surface area contributed by atoms with Gasteiger partial charge in [-0.15, -0.1) is 0 Å². The van der Waals surface area contributed by atoms with Crippen LogP contribution in [-0.2, 0) is 21.4 Å². The highest BCUT2D eigenvalue weighted by molar-refractivity contribution is 5.84. The Hall–Kier alpha value is -1.65. The molecule has 5 nitrogen and oxygen atoms in total. The van der Waals surface area contributed by atoms with E-state index in [4.69, 9.17) is 4.52 Å². The quantitative estimate of drug-likeness (QED) is 0.455. The third-order valence-corrected chi connectivity index (χ3v) is 13.6. The molecule has 0 aliphatic heterocycles. The second-order valence-electron chi connectivity index (χ2n) is 16.1. The molecule has 0 saturated heterocycles. The lowest BCUT2D eigenvalue weighted by molar-refractivity contribution is -0.229. The van der Waals surface area contributed by atoms with Crippen LogP contribution in [0.25, 0.3) is 0 Å². The second-order valence-corrected chi connectivity index (χ2v) is 16.1. The first-order valence-electron chi connectivity index (χ1n) is 14.8. The summed E-state index contributed by atoms with van der Waals surface area (Å²) in [6.45, 7) is 16.7. The van der Waals surface area contributed by atoms with E-state index in [1.807, 2.05) is 6.20 Å². The summed E-state index contributed by atoms with van der Waals surface area (Å²) in [6, 6.07) is 0. The van der Waals surface area contributed by atoms with Crippen molar-refractivity contribution in [1.82, 2.24) is 5.16 Å². The van der Waals surface area contributed by atoms with E-state index in [-0.39, 0.29) is 50.7 Å². The minimum Gasteiger partial charge on any atom is -0.481 e. The molecule has 204 valence electrons. The summed E-state index contributed by atoms with van der Waals surface area (Å²) < 4.78 is 5.81. The molecule has 5 heteroatoms. The molecular weight excluding hydrogens is 462 g/mol. The van der Waals surface area contributed by atoms with Gasteiger partial charge in [0.15, 0.2) is 0 Å². The molecule has 0 amide bonds. The predicted octanol–water partition coefficient (Wildman–Crippen LogP) is 7.22. The summed E-state index contributed by atoms with van der Waals surface area (Å²) in [4.78, 5) is 26.7. The molecule has 1 N–H and O–H groups in total. The molecule has 0 unspecified atom stereocenters. The van der Waals surface area contributed by atoms with Crippen molar-refractivity contribution in [3.05, 3.63) is 17.5 Å². The Morgan fingerprint density at radius 2 is 1.70 bits per heavy atom. The molecule has 0 aromatic carbocycles. The van der Waals surface area contributed by atoms with Crippen molar-refractivity contribution in [3.63, 3.8) is 0 Å². The second kappa shape index (κ2) is 7.50. The fraction of sp³-hybridized carbons (Fsp3) is 0.844. The van der Waals surface area contributed by atoms with Crippen molar-refractivity contribution in [2.45, 2.75) is 118 Å². The standard InChI is InChI=1S/C32H47NO4/c1-27(2)10-12-32(17-24(35)36)13-11-31(7)25(20(32)16-27)21(34)14-23-29(5)15-19-18-33-37-26(19)28(3,4)22(29)8-9-30(23,31)6/h18,20,22-23,25H,8-17H2,1-7H3,(H,35,36)/t20-,22-,23+,25-,29-,30+,31+,32+/m0/s1. The van der Waals surface area contributed by atoms with E-state index in [0.717, 1.165) is 57.1 Å². The zero-order chi connectivity index (χ0) is 26.8. The Labute approximate surface area is 222 Å². The lowest BCUT2D eigenvalue weighted by Gasteiger charge is -2.72. The van der Waals surface area contributed by atoms with Crippen molar-refractivity contribution in [3.8, 4) is 0 Å². The molecule has 37 heavy (non-hydrogen) atoms. The molecule has 1 aromatic heterocycles. The van der Waals surface area contributed by atoms with Crippen LogP contribution in [0.5, 0.6) is 0 Å². The fourth-order valence-electron chi connectivity index (χ4n) is 11.7. The van der Waals surface area contributed by atoms with Crippen LogP contribution in [0.1, 0.15) is 118 Å². The van der Waals surface area contributed by atoms with Crippen LogP contribution in [0.3, 0.4) is 0 Å². The van der Waals surface area contributed by atoms with Gasteiger partial charge in [-0.2, -0.15) is 0 Å². The largest absolute Gasteiger partial charge is 0.481 e. The lowest BCUT2D eigenvalue weighted by Crippen LogP contribution is -2.69. The number of aliphatic carboxylic acids is 1. The summed E-state index contributed by atoms with van der Waals surface area (Å²) in [5.74, 6) is 1.71. The molecule has 0 spiro atoms. The van der Waals surface area contributed by atoms with Crippen molar-refractivity contribution in [2.24, 2.45) is 50.7 Å². The summed E-state index contributed by atoms with van der Waals surface area (Å²) in [5, 5.41) is 14.2. The number of carboxylic acid groups (broad SMARTS) is 1. The first kappa shape index (κ1) is 25.6. The molecule has 8 atom stereocenters. The van der Waals surface area contributed by atoms with E-state index in [0.29, 0.717) is 24.0 Å². The molecule has 4 saturated carbocycles. The molecule has 5 aliphatic carbocycles. The Balaban J connectivity index is 1.44. The molecular formula is C32H47NO4. The molecule has 1 heterocycles. The van der Waals surface area contributed by atoms with Gasteiger partial charge >= 0.3 is 5.97 Å². The summed E-state index contributed by atoms with van der Waals surface area (Å²) >= 11 is 0. The lowest BCUT2D eigenvalue weighted by atomic mass is 9.31. The highest BCUT2D eigenvalue weighted by Gasteiger charge is 2.72. The number of hydrogen-bond donors (Lipinski definition) is 1.